The zero-order valence-electron chi connectivity index (χ0n) is 19.8. The van der Waals surface area contributed by atoms with Crippen LogP contribution in [0.25, 0.3) is 0 Å². The second-order valence-electron chi connectivity index (χ2n) is 8.27. The summed E-state index contributed by atoms with van der Waals surface area (Å²) >= 11 is 0. The van der Waals surface area contributed by atoms with E-state index in [9.17, 15) is 0 Å². The summed E-state index contributed by atoms with van der Waals surface area (Å²) in [7, 11) is 0.143. The summed E-state index contributed by atoms with van der Waals surface area (Å²) in [6.07, 6.45) is 0. The third kappa shape index (κ3) is 4.36. The summed E-state index contributed by atoms with van der Waals surface area (Å²) in [5.41, 5.74) is 0. The van der Waals surface area contributed by atoms with Gasteiger partial charge in [-0.2, -0.15) is 0 Å². The molecule has 0 N–H and O–H groups in total. The number of nitrogens with zero attached hydrogens (tertiary/aromatic N) is 1. The second-order valence-corrected chi connectivity index (χ2v) is 14.7. The first-order valence-electron chi connectivity index (χ1n) is 11.8. The van der Waals surface area contributed by atoms with Crippen LogP contribution in [0.15, 0.2) is 166 Å². The highest BCUT2D eigenvalue weighted by molar-refractivity contribution is 8.26. The quantitative estimate of drug-likeness (QED) is 0.183. The van der Waals surface area contributed by atoms with Gasteiger partial charge in [0.05, 0.1) is 16.9 Å². The number of rotatable bonds is 6. The third-order valence-corrected chi connectivity index (χ3v) is 14.7. The van der Waals surface area contributed by atoms with Crippen LogP contribution in [0.5, 0.6) is 0 Å². The summed E-state index contributed by atoms with van der Waals surface area (Å²) < 4.78 is 5.28. The standard InChI is InChI=1S/C32H29NPS/c1-33-35(31-23-13-5-14-24-31,32-25-15-6-16-26-32)27-34(28-17-7-2-8-18-28,29-19-9-3-10-20-29)30-21-11-4-12-22-30/h2-27H,1H3/q+1. The summed E-state index contributed by atoms with van der Waals surface area (Å²) in [6, 6.07) is 54.7. The highest BCUT2D eigenvalue weighted by atomic mass is 32.2. The molecule has 0 amide bonds. The minimum atomic E-state index is -2.20. The highest BCUT2D eigenvalue weighted by Crippen LogP contribution is 2.48. The summed E-state index contributed by atoms with van der Waals surface area (Å²) in [5.74, 6) is 0. The molecule has 0 spiro atoms. The molecule has 35 heavy (non-hydrogen) atoms. The van der Waals surface area contributed by atoms with Crippen molar-refractivity contribution < 1.29 is 0 Å². The molecule has 0 radical (unpaired) electrons. The van der Waals surface area contributed by atoms with E-state index in [4.69, 9.17) is 4.36 Å². The molecule has 0 heterocycles. The molecular formula is C32H29NPS+. The van der Waals surface area contributed by atoms with Gasteiger partial charge in [-0.15, -0.1) is 4.36 Å². The van der Waals surface area contributed by atoms with Crippen molar-refractivity contribution in [1.29, 1.82) is 0 Å². The third-order valence-electron chi connectivity index (χ3n) is 6.29. The van der Waals surface area contributed by atoms with Crippen LogP contribution in [0.1, 0.15) is 0 Å². The van der Waals surface area contributed by atoms with Crippen molar-refractivity contribution in [2.24, 2.45) is 4.36 Å². The van der Waals surface area contributed by atoms with Gasteiger partial charge in [0.15, 0.2) is 0 Å². The first-order valence-corrected chi connectivity index (χ1v) is 15.3. The van der Waals surface area contributed by atoms with Gasteiger partial charge < -0.3 is 0 Å². The van der Waals surface area contributed by atoms with Gasteiger partial charge >= 0.3 is 0 Å². The molecule has 0 atom stereocenters. The first kappa shape index (κ1) is 23.3. The molecule has 0 fully saturated rings. The molecule has 0 aromatic heterocycles. The van der Waals surface area contributed by atoms with Crippen LogP contribution in [-0.4, -0.2) is 12.2 Å². The Labute approximate surface area is 210 Å². The highest BCUT2D eigenvalue weighted by Gasteiger charge is 2.36. The summed E-state index contributed by atoms with van der Waals surface area (Å²) in [5, 5.41) is 6.66. The molecule has 5 aromatic rings. The van der Waals surface area contributed by atoms with Crippen molar-refractivity contribution in [1.82, 2.24) is 0 Å². The minimum absolute atomic E-state index is 1.25. The Bertz CT molecular complexity index is 1330. The predicted molar refractivity (Wildman–Crippen MR) is 156 cm³/mol. The monoisotopic (exact) mass is 490 g/mol. The molecule has 0 saturated heterocycles. The lowest BCUT2D eigenvalue weighted by atomic mass is 10.4. The van der Waals surface area contributed by atoms with Gasteiger partial charge in [-0.3, -0.25) is 0 Å². The van der Waals surface area contributed by atoms with Crippen LogP contribution < -0.4 is 15.9 Å². The molecule has 0 unspecified atom stereocenters. The maximum atomic E-state index is 5.28. The molecule has 0 aliphatic heterocycles. The minimum Gasteiger partial charge on any atom is -0.131 e. The number of hydrogen-bond donors (Lipinski definition) is 0. The number of benzene rings is 5. The van der Waals surface area contributed by atoms with Crippen LogP contribution in [-0.2, 0) is 9.82 Å². The Balaban J connectivity index is 2.02. The lowest BCUT2D eigenvalue weighted by molar-refractivity contribution is 1.34. The molecule has 172 valence electrons. The van der Waals surface area contributed by atoms with E-state index in [1.165, 1.54) is 25.7 Å². The maximum Gasteiger partial charge on any atom is 0.148 e. The second kappa shape index (κ2) is 10.4. The molecule has 0 saturated carbocycles. The van der Waals surface area contributed by atoms with Gasteiger partial charge in [0.25, 0.3) is 0 Å². The zero-order valence-corrected chi connectivity index (χ0v) is 21.5. The van der Waals surface area contributed by atoms with E-state index >= 15 is 0 Å². The van der Waals surface area contributed by atoms with Crippen molar-refractivity contribution in [3.63, 3.8) is 0 Å². The smallest absolute Gasteiger partial charge is 0.131 e. The summed E-state index contributed by atoms with van der Waals surface area (Å²) in [6.45, 7) is -2.20. The van der Waals surface area contributed by atoms with Crippen molar-refractivity contribution in [3.05, 3.63) is 152 Å². The SMILES string of the molecule is CN=[S+](C=P(c1ccccc1)(c1ccccc1)c1ccccc1)(c1ccccc1)c1ccccc1. The normalized spacial score (nSPS) is 11.6. The Morgan fingerprint density at radius 3 is 1.03 bits per heavy atom. The lowest BCUT2D eigenvalue weighted by Crippen LogP contribution is -2.30. The topological polar surface area (TPSA) is 12.4 Å². The van der Waals surface area contributed by atoms with E-state index in [0.717, 1.165) is 0 Å². The van der Waals surface area contributed by atoms with Crippen LogP contribution in [0.3, 0.4) is 0 Å². The van der Waals surface area contributed by atoms with Crippen LogP contribution >= 0.6 is 6.89 Å². The van der Waals surface area contributed by atoms with Crippen LogP contribution in [0.4, 0.5) is 0 Å². The van der Waals surface area contributed by atoms with E-state index in [0.29, 0.717) is 0 Å². The Morgan fingerprint density at radius 2 is 0.743 bits per heavy atom. The van der Waals surface area contributed by atoms with E-state index < -0.39 is 16.7 Å². The van der Waals surface area contributed by atoms with E-state index in [-0.39, 0.29) is 0 Å². The Morgan fingerprint density at radius 1 is 0.457 bits per heavy atom. The predicted octanol–water partition coefficient (Wildman–Crippen LogP) is 6.83. The van der Waals surface area contributed by atoms with Gasteiger partial charge in [-0.05, 0) is 40.2 Å². The van der Waals surface area contributed by atoms with Crippen molar-refractivity contribution in [3.8, 4) is 0 Å². The van der Waals surface area contributed by atoms with Gasteiger partial charge in [0, 0.05) is 6.89 Å². The maximum absolute atomic E-state index is 5.28. The summed E-state index contributed by atoms with van der Waals surface area (Å²) in [4.78, 5) is 2.50. The molecule has 1 nitrogen and oxygen atoms in total. The van der Waals surface area contributed by atoms with Crippen molar-refractivity contribution in [2.75, 3.05) is 7.05 Å². The van der Waals surface area contributed by atoms with Gasteiger partial charge in [0.2, 0.25) is 0 Å². The molecular weight excluding hydrogens is 461 g/mol. The largest absolute Gasteiger partial charge is 0.148 e. The molecule has 0 aliphatic rings. The molecule has 0 aliphatic carbocycles. The fourth-order valence-corrected chi connectivity index (χ4v) is 13.9. The van der Waals surface area contributed by atoms with Crippen LogP contribution in [0.2, 0.25) is 0 Å². The zero-order chi connectivity index (χ0) is 24.0. The number of hydrogen-bond acceptors (Lipinski definition) is 1. The lowest BCUT2D eigenvalue weighted by Gasteiger charge is -2.29. The van der Waals surface area contributed by atoms with Gasteiger partial charge in [-0.1, -0.05) is 127 Å². The molecule has 5 aromatic carbocycles. The van der Waals surface area contributed by atoms with E-state index in [1.807, 2.05) is 7.05 Å². The van der Waals surface area contributed by atoms with Gasteiger partial charge in [0.1, 0.15) is 14.9 Å². The molecule has 3 heteroatoms. The van der Waals surface area contributed by atoms with Gasteiger partial charge in [-0.25, -0.2) is 0 Å². The van der Waals surface area contributed by atoms with E-state index in [2.05, 4.69) is 157 Å². The first-order chi connectivity index (χ1) is 17.3. The Kier molecular flexibility index (Phi) is 6.95. The van der Waals surface area contributed by atoms with Crippen LogP contribution in [0, 0.1) is 0 Å². The van der Waals surface area contributed by atoms with Crippen molar-refractivity contribution in [2.45, 2.75) is 9.79 Å². The fraction of sp³-hybridized carbons (Fsp3) is 0.0312. The molecule has 0 bridgehead atoms. The fourth-order valence-electron chi connectivity index (χ4n) is 4.62. The average molecular weight is 491 g/mol. The Hall–Kier alpha value is -3.45. The van der Waals surface area contributed by atoms with E-state index in [1.54, 1.807) is 0 Å². The molecule has 5 rings (SSSR count). The van der Waals surface area contributed by atoms with Crippen molar-refractivity contribution >= 4 is 37.8 Å². The average Bonchev–Trinajstić information content (AvgIpc) is 2.96.